The molecule has 1 heterocycles. The van der Waals surface area contributed by atoms with E-state index < -0.39 is 60.2 Å². The Morgan fingerprint density at radius 2 is 1.64 bits per heavy atom. The van der Waals surface area contributed by atoms with Crippen molar-refractivity contribution in [3.8, 4) is 0 Å². The molecule has 1 rings (SSSR count). The molecule has 1 aliphatic heterocycles. The summed E-state index contributed by atoms with van der Waals surface area (Å²) in [5, 5.41) is 11.8. The summed E-state index contributed by atoms with van der Waals surface area (Å²) in [6.07, 6.45) is -1.43. The van der Waals surface area contributed by atoms with Crippen LogP contribution in [0.3, 0.4) is 0 Å². The van der Waals surface area contributed by atoms with E-state index in [-0.39, 0.29) is 18.6 Å². The third-order valence-electron chi connectivity index (χ3n) is 3.92. The van der Waals surface area contributed by atoms with E-state index >= 15 is 0 Å². The van der Waals surface area contributed by atoms with Crippen molar-refractivity contribution in [1.82, 2.24) is 26.6 Å². The fraction of sp³-hybridized carbons (Fsp3) is 0.600. The lowest BCUT2D eigenvalue weighted by Gasteiger charge is -2.25. The van der Waals surface area contributed by atoms with Crippen LogP contribution in [-0.4, -0.2) is 66.0 Å². The molecule has 6 amide bonds. The predicted octanol–water partition coefficient (Wildman–Crippen LogP) is -3.75. The van der Waals surface area contributed by atoms with Crippen molar-refractivity contribution in [1.29, 1.82) is 0 Å². The van der Waals surface area contributed by atoms with Gasteiger partial charge >= 0.3 is 0 Å². The van der Waals surface area contributed by atoms with Crippen LogP contribution in [0.5, 0.6) is 0 Å². The molecule has 28 heavy (non-hydrogen) atoms. The lowest BCUT2D eigenvalue weighted by Crippen LogP contribution is -2.58. The van der Waals surface area contributed by atoms with Crippen LogP contribution < -0.4 is 32.3 Å². The van der Waals surface area contributed by atoms with Gasteiger partial charge in [-0.15, -0.1) is 0 Å². The number of carbonyl (C=O) groups is 6. The van der Waals surface area contributed by atoms with Gasteiger partial charge in [0, 0.05) is 5.75 Å². The monoisotopic (exact) mass is 416 g/mol. The van der Waals surface area contributed by atoms with Crippen molar-refractivity contribution in [3.63, 3.8) is 0 Å². The molecule has 13 heteroatoms. The normalized spacial score (nSPS) is 27.4. The summed E-state index contributed by atoms with van der Waals surface area (Å²) >= 11 is 3.99. The number of nitrogens with one attached hydrogen (secondary N) is 5. The van der Waals surface area contributed by atoms with Crippen LogP contribution in [0.4, 0.5) is 0 Å². The van der Waals surface area contributed by atoms with Crippen LogP contribution >= 0.6 is 12.6 Å². The zero-order valence-electron chi connectivity index (χ0n) is 15.2. The van der Waals surface area contributed by atoms with Crippen molar-refractivity contribution < 1.29 is 28.8 Å². The van der Waals surface area contributed by atoms with Gasteiger partial charge in [-0.2, -0.15) is 12.6 Å². The molecule has 0 aromatic rings. The Morgan fingerprint density at radius 3 is 2.18 bits per heavy atom. The standard InChI is InChI=1S/C15H24N6O6S/c1-2-7-14(26)20-8(13(16)25)3-11(23)19-9(5-28)15(27)21-10(17-6-22)4-12(24)18-7/h6-10,28H,2-5H2,1H3,(H2,16,25)(H,17,22)(H,18,24)(H,19,23)(H,20,26)(H,21,27)/t7-,8+,9-,10+/m0/s1. The average molecular weight is 416 g/mol. The molecule has 7 N–H and O–H groups in total. The van der Waals surface area contributed by atoms with E-state index in [4.69, 9.17) is 5.73 Å². The molecule has 1 fully saturated rings. The highest BCUT2D eigenvalue weighted by atomic mass is 32.1. The highest BCUT2D eigenvalue weighted by molar-refractivity contribution is 7.80. The van der Waals surface area contributed by atoms with Gasteiger partial charge in [-0.05, 0) is 6.42 Å². The summed E-state index contributed by atoms with van der Waals surface area (Å²) < 4.78 is 0. The largest absolute Gasteiger partial charge is 0.368 e. The number of nitrogens with two attached hydrogens (primary N) is 1. The van der Waals surface area contributed by atoms with Crippen molar-refractivity contribution in [2.24, 2.45) is 5.73 Å². The molecule has 0 aromatic heterocycles. The SMILES string of the molecule is CC[C@@H]1NC(=O)C[C@H](NC=O)NC(=O)[C@H](CS)NC(=O)C[C@H](C(N)=O)NC1=O. The summed E-state index contributed by atoms with van der Waals surface area (Å²) in [5.74, 6) is -3.77. The maximum Gasteiger partial charge on any atom is 0.245 e. The first kappa shape index (κ1) is 23.2. The molecule has 12 nitrogen and oxygen atoms in total. The molecular formula is C15H24N6O6S. The first-order valence-electron chi connectivity index (χ1n) is 8.51. The Kier molecular flexibility index (Phi) is 9.21. The third-order valence-corrected chi connectivity index (χ3v) is 4.28. The summed E-state index contributed by atoms with van der Waals surface area (Å²) in [7, 11) is 0. The van der Waals surface area contributed by atoms with Crippen molar-refractivity contribution in [3.05, 3.63) is 0 Å². The number of carbonyl (C=O) groups excluding carboxylic acids is 6. The van der Waals surface area contributed by atoms with Gasteiger partial charge in [0.2, 0.25) is 35.9 Å². The Hall–Kier alpha value is -2.83. The number of amides is 6. The van der Waals surface area contributed by atoms with Crippen LogP contribution in [0.1, 0.15) is 26.2 Å². The fourth-order valence-corrected chi connectivity index (χ4v) is 2.68. The maximum atomic E-state index is 12.3. The smallest absolute Gasteiger partial charge is 0.245 e. The molecule has 1 saturated heterocycles. The minimum absolute atomic E-state index is 0.0942. The van der Waals surface area contributed by atoms with E-state index in [0.29, 0.717) is 6.41 Å². The average Bonchev–Trinajstić information content (AvgIpc) is 2.62. The summed E-state index contributed by atoms with van der Waals surface area (Å²) in [6.45, 7) is 1.62. The summed E-state index contributed by atoms with van der Waals surface area (Å²) in [6, 6.07) is -3.43. The highest BCUT2D eigenvalue weighted by Gasteiger charge is 2.30. The van der Waals surface area contributed by atoms with E-state index in [2.05, 4.69) is 39.2 Å². The second kappa shape index (κ2) is 11.1. The van der Waals surface area contributed by atoms with Crippen molar-refractivity contribution >= 4 is 48.6 Å². The lowest BCUT2D eigenvalue weighted by atomic mass is 10.1. The van der Waals surface area contributed by atoms with Gasteiger partial charge in [0.1, 0.15) is 24.3 Å². The van der Waals surface area contributed by atoms with Crippen molar-refractivity contribution in [2.75, 3.05) is 5.75 Å². The Morgan fingerprint density at radius 1 is 1.07 bits per heavy atom. The highest BCUT2D eigenvalue weighted by Crippen LogP contribution is 2.01. The van der Waals surface area contributed by atoms with Gasteiger partial charge in [-0.1, -0.05) is 6.92 Å². The van der Waals surface area contributed by atoms with Crippen molar-refractivity contribution in [2.45, 2.75) is 50.5 Å². The molecule has 0 aliphatic carbocycles. The molecule has 0 radical (unpaired) electrons. The topological polar surface area (TPSA) is 189 Å². The van der Waals surface area contributed by atoms with E-state index in [9.17, 15) is 28.8 Å². The summed E-state index contributed by atoms with van der Waals surface area (Å²) in [5.41, 5.74) is 5.23. The molecule has 1 aliphatic rings. The quantitative estimate of drug-likeness (QED) is 0.178. The lowest BCUT2D eigenvalue weighted by molar-refractivity contribution is -0.134. The minimum atomic E-state index is -1.32. The van der Waals surface area contributed by atoms with Gasteiger partial charge in [0.05, 0.1) is 12.8 Å². The second-order valence-corrected chi connectivity index (χ2v) is 6.41. The van der Waals surface area contributed by atoms with Gasteiger partial charge in [-0.3, -0.25) is 28.8 Å². The van der Waals surface area contributed by atoms with Crippen LogP contribution in [0, 0.1) is 0 Å². The zero-order chi connectivity index (χ0) is 21.3. The molecule has 0 spiro atoms. The maximum absolute atomic E-state index is 12.3. The number of thiol groups is 1. The van der Waals surface area contributed by atoms with E-state index in [0.717, 1.165) is 0 Å². The summed E-state index contributed by atoms with van der Waals surface area (Å²) in [4.78, 5) is 71.4. The third kappa shape index (κ3) is 7.06. The van der Waals surface area contributed by atoms with Gasteiger partial charge in [-0.25, -0.2) is 0 Å². The zero-order valence-corrected chi connectivity index (χ0v) is 16.1. The first-order valence-corrected chi connectivity index (χ1v) is 9.14. The molecule has 0 bridgehead atoms. The number of hydrogen-bond donors (Lipinski definition) is 7. The molecule has 4 atom stereocenters. The predicted molar refractivity (Wildman–Crippen MR) is 99.5 cm³/mol. The number of hydrogen-bond acceptors (Lipinski definition) is 7. The minimum Gasteiger partial charge on any atom is -0.368 e. The van der Waals surface area contributed by atoms with Crippen LogP contribution in [0.15, 0.2) is 0 Å². The van der Waals surface area contributed by atoms with E-state index in [1.54, 1.807) is 6.92 Å². The Bertz CT molecular complexity index is 645. The Balaban J connectivity index is 3.14. The molecule has 0 saturated carbocycles. The molecule has 0 unspecified atom stereocenters. The molecule has 0 aromatic carbocycles. The van der Waals surface area contributed by atoms with E-state index in [1.165, 1.54) is 0 Å². The molecular weight excluding hydrogens is 392 g/mol. The molecule has 156 valence electrons. The van der Waals surface area contributed by atoms with Gasteiger partial charge in [0.15, 0.2) is 0 Å². The van der Waals surface area contributed by atoms with Gasteiger partial charge < -0.3 is 32.3 Å². The van der Waals surface area contributed by atoms with Crippen LogP contribution in [0.2, 0.25) is 0 Å². The fourth-order valence-electron chi connectivity index (χ4n) is 2.43. The number of rotatable bonds is 5. The van der Waals surface area contributed by atoms with E-state index in [1.807, 2.05) is 0 Å². The Labute approximate surface area is 166 Å². The van der Waals surface area contributed by atoms with Crippen LogP contribution in [0.25, 0.3) is 0 Å². The van der Waals surface area contributed by atoms with Crippen LogP contribution in [-0.2, 0) is 28.8 Å². The first-order chi connectivity index (χ1) is 13.2. The van der Waals surface area contributed by atoms with Gasteiger partial charge in [0.25, 0.3) is 0 Å². The number of primary amides is 1. The second-order valence-electron chi connectivity index (χ2n) is 6.05.